The average molecular weight is 357 g/mol. The molecule has 0 aliphatic carbocycles. The lowest BCUT2D eigenvalue weighted by atomic mass is 10.1. The van der Waals surface area contributed by atoms with Crippen molar-refractivity contribution in [1.82, 2.24) is 5.32 Å². The number of hydrogen-bond donors (Lipinski definition) is 1. The van der Waals surface area contributed by atoms with E-state index in [-0.39, 0.29) is 18.6 Å². The summed E-state index contributed by atoms with van der Waals surface area (Å²) in [5.41, 5.74) is 0.317. The van der Waals surface area contributed by atoms with Crippen LogP contribution in [-0.4, -0.2) is 44.3 Å². The van der Waals surface area contributed by atoms with Crippen LogP contribution in [0.25, 0.3) is 10.8 Å². The molecule has 2 aromatic carbocycles. The molecule has 0 unspecified atom stereocenters. The molecule has 0 aromatic heterocycles. The summed E-state index contributed by atoms with van der Waals surface area (Å²) in [6.45, 7) is 3.13. The minimum Gasteiger partial charge on any atom is -0.493 e. The van der Waals surface area contributed by atoms with Crippen LogP contribution in [0.2, 0.25) is 0 Å². The van der Waals surface area contributed by atoms with Crippen LogP contribution in [0.15, 0.2) is 36.4 Å². The quantitative estimate of drug-likeness (QED) is 0.771. The molecule has 2 aromatic rings. The van der Waals surface area contributed by atoms with Crippen LogP contribution in [0.5, 0.6) is 5.75 Å². The molecular weight excluding hydrogens is 334 g/mol. The Kier molecular flexibility index (Phi) is 6.07. The molecule has 1 heterocycles. The van der Waals surface area contributed by atoms with Gasteiger partial charge in [-0.15, -0.1) is 0 Å². The third-order valence-electron chi connectivity index (χ3n) is 4.25. The lowest BCUT2D eigenvalue weighted by molar-refractivity contribution is -0.124. The highest BCUT2D eigenvalue weighted by Crippen LogP contribution is 2.27. The zero-order valence-electron chi connectivity index (χ0n) is 14.8. The van der Waals surface area contributed by atoms with Crippen LogP contribution in [-0.2, 0) is 14.3 Å². The maximum atomic E-state index is 12.4. The highest BCUT2D eigenvalue weighted by molar-refractivity contribution is 5.99. The van der Waals surface area contributed by atoms with Gasteiger partial charge in [-0.3, -0.25) is 4.79 Å². The number of nitrogens with one attached hydrogen (secondary N) is 1. The molecule has 1 aliphatic heterocycles. The minimum atomic E-state index is -0.577. The fourth-order valence-electron chi connectivity index (χ4n) is 2.95. The van der Waals surface area contributed by atoms with Gasteiger partial charge in [-0.1, -0.05) is 24.3 Å². The molecule has 6 heteroatoms. The SMILES string of the molecule is CCOc1cc2ccccc2cc1C(=O)OCC(=O)NC[C@H]1CCCO1. The Morgan fingerprint density at radius 3 is 2.69 bits per heavy atom. The number of carbonyl (C=O) groups is 2. The molecule has 0 spiro atoms. The monoisotopic (exact) mass is 357 g/mol. The molecule has 138 valence electrons. The topological polar surface area (TPSA) is 73.9 Å². The van der Waals surface area contributed by atoms with Crippen LogP contribution in [0.3, 0.4) is 0 Å². The van der Waals surface area contributed by atoms with Gasteiger partial charge in [0.05, 0.1) is 12.7 Å². The molecule has 1 saturated heterocycles. The lowest BCUT2D eigenvalue weighted by Crippen LogP contribution is -2.34. The van der Waals surface area contributed by atoms with Crippen molar-refractivity contribution in [2.75, 3.05) is 26.4 Å². The van der Waals surface area contributed by atoms with Crippen molar-refractivity contribution in [3.05, 3.63) is 42.0 Å². The summed E-state index contributed by atoms with van der Waals surface area (Å²) in [5, 5.41) is 4.61. The summed E-state index contributed by atoms with van der Waals surface area (Å²) in [6.07, 6.45) is 2.01. The van der Waals surface area contributed by atoms with Crippen molar-refractivity contribution in [3.63, 3.8) is 0 Å². The van der Waals surface area contributed by atoms with Crippen molar-refractivity contribution < 1.29 is 23.8 Å². The Hall–Kier alpha value is -2.60. The summed E-state index contributed by atoms with van der Waals surface area (Å²) in [7, 11) is 0. The van der Waals surface area contributed by atoms with Crippen LogP contribution >= 0.6 is 0 Å². The molecule has 6 nitrogen and oxygen atoms in total. The predicted molar refractivity (Wildman–Crippen MR) is 97.4 cm³/mol. The lowest BCUT2D eigenvalue weighted by Gasteiger charge is -2.13. The highest BCUT2D eigenvalue weighted by atomic mass is 16.5. The first-order chi connectivity index (χ1) is 12.7. The number of benzene rings is 2. The first-order valence-electron chi connectivity index (χ1n) is 8.88. The molecule has 0 bridgehead atoms. The van der Waals surface area contributed by atoms with Crippen molar-refractivity contribution in [2.24, 2.45) is 0 Å². The van der Waals surface area contributed by atoms with Gasteiger partial charge in [-0.05, 0) is 42.7 Å². The van der Waals surface area contributed by atoms with Crippen molar-refractivity contribution in [2.45, 2.75) is 25.9 Å². The molecule has 0 radical (unpaired) electrons. The summed E-state index contributed by atoms with van der Waals surface area (Å²) in [5.74, 6) is -0.463. The Bertz CT molecular complexity index is 783. The van der Waals surface area contributed by atoms with Crippen LogP contribution in [0, 0.1) is 0 Å². The van der Waals surface area contributed by atoms with Gasteiger partial charge in [0.1, 0.15) is 11.3 Å². The molecule has 1 fully saturated rings. The standard InChI is InChI=1S/C20H23NO5/c1-2-24-18-11-15-7-4-3-6-14(15)10-17(18)20(23)26-13-19(22)21-12-16-8-5-9-25-16/h3-4,6-7,10-11,16H,2,5,8-9,12-13H2,1H3,(H,21,22)/t16-/m1/s1. The zero-order chi connectivity index (χ0) is 18.4. The van der Waals surface area contributed by atoms with E-state index in [4.69, 9.17) is 14.2 Å². The second-order valence-corrected chi connectivity index (χ2v) is 6.14. The van der Waals surface area contributed by atoms with Crippen molar-refractivity contribution >= 4 is 22.6 Å². The van der Waals surface area contributed by atoms with E-state index in [0.717, 1.165) is 30.2 Å². The Balaban J connectivity index is 1.62. The Morgan fingerprint density at radius 1 is 1.23 bits per heavy atom. The van der Waals surface area contributed by atoms with Gasteiger partial charge >= 0.3 is 5.97 Å². The number of ether oxygens (including phenoxy) is 3. The molecule has 1 amide bonds. The molecule has 1 N–H and O–H groups in total. The number of carbonyl (C=O) groups excluding carboxylic acids is 2. The minimum absolute atomic E-state index is 0.0553. The smallest absolute Gasteiger partial charge is 0.342 e. The van der Waals surface area contributed by atoms with Crippen LogP contribution in [0.1, 0.15) is 30.1 Å². The normalized spacial score (nSPS) is 16.4. The van der Waals surface area contributed by atoms with E-state index in [0.29, 0.717) is 24.5 Å². The number of amides is 1. The zero-order valence-corrected chi connectivity index (χ0v) is 14.8. The van der Waals surface area contributed by atoms with E-state index in [1.165, 1.54) is 0 Å². The summed E-state index contributed by atoms with van der Waals surface area (Å²) in [6, 6.07) is 11.2. The van der Waals surface area contributed by atoms with Gasteiger partial charge in [-0.25, -0.2) is 4.79 Å². The van der Waals surface area contributed by atoms with Gasteiger partial charge in [0.25, 0.3) is 5.91 Å². The first-order valence-corrected chi connectivity index (χ1v) is 8.88. The molecule has 0 saturated carbocycles. The second-order valence-electron chi connectivity index (χ2n) is 6.14. The number of hydrogen-bond acceptors (Lipinski definition) is 5. The van der Waals surface area contributed by atoms with Gasteiger partial charge in [0, 0.05) is 13.2 Å². The Morgan fingerprint density at radius 2 is 2.00 bits per heavy atom. The molecule has 1 atom stereocenters. The molecule has 3 rings (SSSR count). The second kappa shape index (κ2) is 8.67. The largest absolute Gasteiger partial charge is 0.493 e. The first kappa shape index (κ1) is 18.2. The molecule has 1 aliphatic rings. The van der Waals surface area contributed by atoms with E-state index in [1.807, 2.05) is 37.3 Å². The predicted octanol–water partition coefficient (Wildman–Crippen LogP) is 2.69. The fourth-order valence-corrected chi connectivity index (χ4v) is 2.95. The molecular formula is C20H23NO5. The van der Waals surface area contributed by atoms with Crippen LogP contribution < -0.4 is 10.1 Å². The highest BCUT2D eigenvalue weighted by Gasteiger charge is 2.19. The van der Waals surface area contributed by atoms with E-state index in [9.17, 15) is 9.59 Å². The van der Waals surface area contributed by atoms with Crippen molar-refractivity contribution in [3.8, 4) is 5.75 Å². The Labute approximate surface area is 152 Å². The summed E-state index contributed by atoms with van der Waals surface area (Å²) in [4.78, 5) is 24.3. The van der Waals surface area contributed by atoms with Crippen molar-refractivity contribution in [1.29, 1.82) is 0 Å². The van der Waals surface area contributed by atoms with Gasteiger partial charge in [0.15, 0.2) is 6.61 Å². The van der Waals surface area contributed by atoms with E-state index < -0.39 is 5.97 Å². The van der Waals surface area contributed by atoms with E-state index in [1.54, 1.807) is 6.07 Å². The number of esters is 1. The van der Waals surface area contributed by atoms with E-state index in [2.05, 4.69) is 5.32 Å². The molecule has 26 heavy (non-hydrogen) atoms. The van der Waals surface area contributed by atoms with E-state index >= 15 is 0 Å². The number of fused-ring (bicyclic) bond motifs is 1. The summed E-state index contributed by atoms with van der Waals surface area (Å²) < 4.78 is 16.2. The van der Waals surface area contributed by atoms with Gasteiger partial charge in [0.2, 0.25) is 0 Å². The average Bonchev–Trinajstić information content (AvgIpc) is 3.18. The van der Waals surface area contributed by atoms with Crippen LogP contribution in [0.4, 0.5) is 0 Å². The fraction of sp³-hybridized carbons (Fsp3) is 0.400. The third-order valence-corrected chi connectivity index (χ3v) is 4.25. The van der Waals surface area contributed by atoms with Gasteiger partial charge in [-0.2, -0.15) is 0 Å². The number of rotatable bonds is 7. The van der Waals surface area contributed by atoms with Gasteiger partial charge < -0.3 is 19.5 Å². The third kappa shape index (κ3) is 4.52. The maximum absolute atomic E-state index is 12.4. The maximum Gasteiger partial charge on any atom is 0.342 e. The summed E-state index contributed by atoms with van der Waals surface area (Å²) >= 11 is 0.